The summed E-state index contributed by atoms with van der Waals surface area (Å²) in [5.41, 5.74) is -1.00. The average molecular weight is 300 g/mol. The highest BCUT2D eigenvalue weighted by Crippen LogP contribution is 2.29. The van der Waals surface area contributed by atoms with Gasteiger partial charge in [0, 0.05) is 4.47 Å². The van der Waals surface area contributed by atoms with Crippen molar-refractivity contribution in [2.24, 2.45) is 0 Å². The average Bonchev–Trinajstić information content (AvgIpc) is 2.15. The molecule has 0 amide bonds. The van der Waals surface area contributed by atoms with Gasteiger partial charge in [0.2, 0.25) is 0 Å². The van der Waals surface area contributed by atoms with E-state index in [9.17, 15) is 13.6 Å². The monoisotopic (exact) mass is 299 g/mol. The fourth-order valence-electron chi connectivity index (χ4n) is 0.964. The Morgan fingerprint density at radius 3 is 2.73 bits per heavy atom. The number of hydrogen-bond acceptors (Lipinski definition) is 3. The number of halogens is 4. The molecule has 7 heteroatoms. The minimum Gasteiger partial charge on any atom is -0.465 e. The zero-order valence-corrected chi connectivity index (χ0v) is 9.77. The van der Waals surface area contributed by atoms with Crippen LogP contribution in [0.1, 0.15) is 22.5 Å². The summed E-state index contributed by atoms with van der Waals surface area (Å²) in [5, 5.41) is -0.121. The molecule has 0 aliphatic heterocycles. The van der Waals surface area contributed by atoms with E-state index < -0.39 is 18.1 Å². The molecule has 0 unspecified atom stereocenters. The first-order valence-electron chi connectivity index (χ1n) is 3.69. The zero-order chi connectivity index (χ0) is 11.6. The van der Waals surface area contributed by atoms with Crippen LogP contribution < -0.4 is 0 Å². The number of pyridine rings is 1. The smallest absolute Gasteiger partial charge is 0.341 e. The molecule has 1 aromatic heterocycles. The van der Waals surface area contributed by atoms with Gasteiger partial charge in [-0.25, -0.2) is 18.6 Å². The van der Waals surface area contributed by atoms with Crippen molar-refractivity contribution in [3.05, 3.63) is 26.9 Å². The van der Waals surface area contributed by atoms with E-state index in [1.165, 1.54) is 6.07 Å². The molecule has 82 valence electrons. The lowest BCUT2D eigenvalue weighted by Crippen LogP contribution is -2.09. The van der Waals surface area contributed by atoms with Crippen molar-refractivity contribution < 1.29 is 18.3 Å². The maximum absolute atomic E-state index is 12.5. The second kappa shape index (κ2) is 4.85. The number of ether oxygens (including phenoxy) is 1. The lowest BCUT2D eigenvalue weighted by molar-refractivity contribution is 0.0586. The van der Waals surface area contributed by atoms with Gasteiger partial charge in [-0.15, -0.1) is 0 Å². The number of carbonyl (C=O) groups excluding carboxylic acids is 1. The van der Waals surface area contributed by atoms with Crippen molar-refractivity contribution in [2.75, 3.05) is 7.11 Å². The Balaban J connectivity index is 3.40. The van der Waals surface area contributed by atoms with E-state index in [0.29, 0.717) is 0 Å². The second-order valence-corrected chi connectivity index (χ2v) is 3.72. The van der Waals surface area contributed by atoms with Crippen LogP contribution in [-0.2, 0) is 4.74 Å². The predicted molar refractivity (Wildman–Crippen MR) is 53.2 cm³/mol. The molecule has 0 N–H and O–H groups in total. The summed E-state index contributed by atoms with van der Waals surface area (Å²) in [7, 11) is 1.10. The van der Waals surface area contributed by atoms with Gasteiger partial charge in [0.1, 0.15) is 16.4 Å². The van der Waals surface area contributed by atoms with Crippen molar-refractivity contribution in [1.29, 1.82) is 0 Å². The summed E-state index contributed by atoms with van der Waals surface area (Å²) < 4.78 is 29.6. The molecular formula is C8H5BrClF2NO2. The van der Waals surface area contributed by atoms with E-state index in [4.69, 9.17) is 11.6 Å². The fourth-order valence-corrected chi connectivity index (χ4v) is 1.88. The van der Waals surface area contributed by atoms with Gasteiger partial charge >= 0.3 is 5.97 Å². The number of alkyl halides is 2. The molecular weight excluding hydrogens is 295 g/mol. The van der Waals surface area contributed by atoms with E-state index in [1.807, 2.05) is 0 Å². The van der Waals surface area contributed by atoms with E-state index in [0.717, 1.165) is 7.11 Å². The Morgan fingerprint density at radius 2 is 2.27 bits per heavy atom. The van der Waals surface area contributed by atoms with Crippen LogP contribution in [0.2, 0.25) is 5.15 Å². The molecule has 0 saturated heterocycles. The van der Waals surface area contributed by atoms with E-state index in [2.05, 4.69) is 25.7 Å². The molecule has 1 aromatic rings. The Kier molecular flexibility index (Phi) is 3.98. The summed E-state index contributed by atoms with van der Waals surface area (Å²) in [5.74, 6) is -0.888. The summed E-state index contributed by atoms with van der Waals surface area (Å²) in [6.07, 6.45) is -2.89. The van der Waals surface area contributed by atoms with Gasteiger partial charge in [-0.2, -0.15) is 0 Å². The number of carbonyl (C=O) groups is 1. The van der Waals surface area contributed by atoms with Crippen molar-refractivity contribution in [1.82, 2.24) is 4.98 Å². The highest BCUT2D eigenvalue weighted by Gasteiger charge is 2.24. The molecule has 0 saturated carbocycles. The van der Waals surface area contributed by atoms with Gasteiger partial charge in [-0.1, -0.05) is 11.6 Å². The van der Waals surface area contributed by atoms with E-state index in [-0.39, 0.29) is 15.2 Å². The number of nitrogens with zero attached hydrogens (tertiary/aromatic N) is 1. The molecule has 0 aliphatic rings. The van der Waals surface area contributed by atoms with Gasteiger partial charge in [0.05, 0.1) is 7.11 Å². The highest BCUT2D eigenvalue weighted by molar-refractivity contribution is 9.10. The van der Waals surface area contributed by atoms with E-state index in [1.54, 1.807) is 0 Å². The van der Waals surface area contributed by atoms with Crippen LogP contribution in [-0.4, -0.2) is 18.1 Å². The van der Waals surface area contributed by atoms with Gasteiger partial charge < -0.3 is 4.74 Å². The molecule has 0 radical (unpaired) electrons. The number of aromatic nitrogens is 1. The summed E-state index contributed by atoms with van der Waals surface area (Å²) in [6.45, 7) is 0. The van der Waals surface area contributed by atoms with Crippen LogP contribution in [0.5, 0.6) is 0 Å². The van der Waals surface area contributed by atoms with Crippen LogP contribution in [0.25, 0.3) is 0 Å². The van der Waals surface area contributed by atoms with Crippen LogP contribution in [0, 0.1) is 0 Å². The first-order valence-corrected chi connectivity index (χ1v) is 4.87. The molecule has 0 atom stereocenters. The molecule has 0 bridgehead atoms. The van der Waals surface area contributed by atoms with Crippen molar-refractivity contribution in [3.63, 3.8) is 0 Å². The van der Waals surface area contributed by atoms with Crippen LogP contribution in [0.3, 0.4) is 0 Å². The quantitative estimate of drug-likeness (QED) is 0.622. The predicted octanol–water partition coefficient (Wildman–Crippen LogP) is 3.22. The number of rotatable bonds is 2. The molecule has 0 spiro atoms. The SMILES string of the molecule is COC(=O)c1c(Br)cc(Cl)nc1C(F)F. The normalized spacial score (nSPS) is 10.5. The lowest BCUT2D eigenvalue weighted by Gasteiger charge is -2.08. The number of esters is 1. The molecule has 1 heterocycles. The summed E-state index contributed by atoms with van der Waals surface area (Å²) in [4.78, 5) is 14.6. The van der Waals surface area contributed by atoms with Crippen molar-refractivity contribution in [3.8, 4) is 0 Å². The first-order chi connectivity index (χ1) is 6.97. The van der Waals surface area contributed by atoms with Crippen LogP contribution in [0.4, 0.5) is 8.78 Å². The maximum Gasteiger partial charge on any atom is 0.341 e. The summed E-state index contributed by atoms with van der Waals surface area (Å²) >= 11 is 8.44. The van der Waals surface area contributed by atoms with Gasteiger partial charge in [0.25, 0.3) is 6.43 Å². The van der Waals surface area contributed by atoms with Crippen LogP contribution in [0.15, 0.2) is 10.5 Å². The highest BCUT2D eigenvalue weighted by atomic mass is 79.9. The maximum atomic E-state index is 12.5. The number of hydrogen-bond donors (Lipinski definition) is 0. The zero-order valence-electron chi connectivity index (χ0n) is 7.43. The topological polar surface area (TPSA) is 39.2 Å². The molecule has 1 rings (SSSR count). The standard InChI is InChI=1S/C8H5BrClF2NO2/c1-15-8(14)5-3(9)2-4(10)13-6(5)7(11)12/h2,7H,1H3. The number of methoxy groups -OCH3 is 1. The minimum atomic E-state index is -2.89. The first kappa shape index (κ1) is 12.3. The Morgan fingerprint density at radius 1 is 1.67 bits per heavy atom. The largest absolute Gasteiger partial charge is 0.465 e. The molecule has 0 fully saturated rings. The second-order valence-electron chi connectivity index (χ2n) is 2.48. The van der Waals surface area contributed by atoms with E-state index >= 15 is 0 Å². The third-order valence-corrected chi connectivity index (χ3v) is 2.38. The Bertz CT molecular complexity index is 400. The summed E-state index contributed by atoms with van der Waals surface area (Å²) in [6, 6.07) is 1.25. The van der Waals surface area contributed by atoms with Gasteiger partial charge in [0.15, 0.2) is 0 Å². The third-order valence-electron chi connectivity index (χ3n) is 1.56. The van der Waals surface area contributed by atoms with Crippen molar-refractivity contribution >= 4 is 33.5 Å². The minimum absolute atomic E-state index is 0.121. The lowest BCUT2D eigenvalue weighted by atomic mass is 10.2. The molecule has 0 aliphatic carbocycles. The molecule has 3 nitrogen and oxygen atoms in total. The Labute approximate surface area is 97.5 Å². The van der Waals surface area contributed by atoms with Gasteiger partial charge in [-0.05, 0) is 22.0 Å². The van der Waals surface area contributed by atoms with Crippen molar-refractivity contribution in [2.45, 2.75) is 6.43 Å². The fraction of sp³-hybridized carbons (Fsp3) is 0.250. The van der Waals surface area contributed by atoms with Crippen LogP contribution >= 0.6 is 27.5 Å². The third kappa shape index (κ3) is 2.63. The molecule has 15 heavy (non-hydrogen) atoms. The van der Waals surface area contributed by atoms with Gasteiger partial charge in [-0.3, -0.25) is 0 Å². The Hall–Kier alpha value is -0.750. The molecule has 0 aromatic carbocycles.